The Morgan fingerprint density at radius 3 is 2.37 bits per heavy atom. The van der Waals surface area contributed by atoms with Gasteiger partial charge in [0.2, 0.25) is 10.0 Å². The number of amides is 1. The molecule has 0 aliphatic carbocycles. The largest absolute Gasteiger partial charge is 0.497 e. The fourth-order valence-corrected chi connectivity index (χ4v) is 4.69. The molecule has 0 radical (unpaired) electrons. The van der Waals surface area contributed by atoms with E-state index >= 15 is 0 Å². The zero-order valence-corrected chi connectivity index (χ0v) is 20.5. The van der Waals surface area contributed by atoms with Crippen LogP contribution in [0.2, 0.25) is 0 Å². The van der Waals surface area contributed by atoms with E-state index in [1.165, 1.54) is 61.9 Å². The topological polar surface area (TPSA) is 120 Å². The fraction of sp³-hybridized carbons (Fsp3) is 0.333. The number of esters is 1. The number of carbonyl (C=O) groups is 2. The number of sulfonamides is 1. The predicted molar refractivity (Wildman–Crippen MR) is 129 cm³/mol. The molecule has 0 bridgehead atoms. The van der Waals surface area contributed by atoms with Crippen LogP contribution < -0.4 is 14.8 Å². The van der Waals surface area contributed by atoms with E-state index in [4.69, 9.17) is 18.9 Å². The van der Waals surface area contributed by atoms with Crippen LogP contribution in [-0.2, 0) is 29.1 Å². The summed E-state index contributed by atoms with van der Waals surface area (Å²) in [6.07, 6.45) is 1.60. The SMILES string of the molecule is COc1ccc(OC)c(/C=C/C(=O)O[C@@H](C)C(=O)Nc2ccc(S(=O)(=O)N3CCOCC3)cc2)c1. The summed E-state index contributed by atoms with van der Waals surface area (Å²) in [5, 5.41) is 2.61. The van der Waals surface area contributed by atoms with E-state index in [9.17, 15) is 18.0 Å². The molecule has 2 aromatic rings. The number of methoxy groups -OCH3 is 2. The molecular formula is C24H28N2O8S. The van der Waals surface area contributed by atoms with E-state index < -0.39 is 28.0 Å². The first kappa shape index (κ1) is 26.2. The van der Waals surface area contributed by atoms with Gasteiger partial charge in [0.25, 0.3) is 5.91 Å². The minimum absolute atomic E-state index is 0.120. The summed E-state index contributed by atoms with van der Waals surface area (Å²) in [7, 11) is -0.595. The van der Waals surface area contributed by atoms with E-state index in [0.29, 0.717) is 49.1 Å². The molecule has 3 rings (SSSR count). The lowest BCUT2D eigenvalue weighted by Gasteiger charge is -2.26. The number of hydrogen-bond acceptors (Lipinski definition) is 8. The van der Waals surface area contributed by atoms with Crippen molar-refractivity contribution >= 4 is 33.7 Å². The molecule has 1 atom stereocenters. The molecule has 1 N–H and O–H groups in total. The highest BCUT2D eigenvalue weighted by Crippen LogP contribution is 2.25. The summed E-state index contributed by atoms with van der Waals surface area (Å²) in [5.41, 5.74) is 0.975. The van der Waals surface area contributed by atoms with Crippen molar-refractivity contribution in [1.82, 2.24) is 4.31 Å². The molecule has 1 amide bonds. The van der Waals surface area contributed by atoms with Crippen molar-refractivity contribution in [2.24, 2.45) is 0 Å². The van der Waals surface area contributed by atoms with E-state index in [1.54, 1.807) is 18.2 Å². The van der Waals surface area contributed by atoms with Crippen LogP contribution in [0.15, 0.2) is 53.4 Å². The van der Waals surface area contributed by atoms with Gasteiger partial charge in [0, 0.05) is 30.4 Å². The Balaban J connectivity index is 1.57. The van der Waals surface area contributed by atoms with Gasteiger partial charge in [-0.3, -0.25) is 4.79 Å². The van der Waals surface area contributed by atoms with Gasteiger partial charge < -0.3 is 24.3 Å². The van der Waals surface area contributed by atoms with Crippen molar-refractivity contribution < 1.29 is 37.0 Å². The molecule has 1 aliphatic heterocycles. The molecular weight excluding hydrogens is 476 g/mol. The molecule has 1 saturated heterocycles. The fourth-order valence-electron chi connectivity index (χ4n) is 3.28. The third-order valence-corrected chi connectivity index (χ3v) is 7.14. The molecule has 2 aromatic carbocycles. The van der Waals surface area contributed by atoms with Crippen molar-refractivity contribution in [3.05, 3.63) is 54.1 Å². The summed E-state index contributed by atoms with van der Waals surface area (Å²) in [5.74, 6) is -0.144. The summed E-state index contributed by atoms with van der Waals surface area (Å²) in [4.78, 5) is 24.8. The van der Waals surface area contributed by atoms with Crippen LogP contribution in [0.5, 0.6) is 11.5 Å². The third-order valence-electron chi connectivity index (χ3n) is 5.23. The average molecular weight is 505 g/mol. The van der Waals surface area contributed by atoms with Crippen LogP contribution in [0.1, 0.15) is 12.5 Å². The molecule has 10 nitrogen and oxygen atoms in total. The predicted octanol–water partition coefficient (Wildman–Crippen LogP) is 2.31. The van der Waals surface area contributed by atoms with E-state index in [-0.39, 0.29) is 4.90 Å². The van der Waals surface area contributed by atoms with Gasteiger partial charge in [0.05, 0.1) is 32.3 Å². The number of morpholine rings is 1. The van der Waals surface area contributed by atoms with Gasteiger partial charge >= 0.3 is 5.97 Å². The quantitative estimate of drug-likeness (QED) is 0.408. The lowest BCUT2D eigenvalue weighted by Crippen LogP contribution is -2.40. The summed E-state index contributed by atoms with van der Waals surface area (Å²) < 4.78 is 47.5. The first-order chi connectivity index (χ1) is 16.7. The minimum Gasteiger partial charge on any atom is -0.497 e. The Morgan fingerprint density at radius 2 is 1.74 bits per heavy atom. The second-order valence-electron chi connectivity index (χ2n) is 7.55. The van der Waals surface area contributed by atoms with E-state index in [1.807, 2.05) is 0 Å². The lowest BCUT2D eigenvalue weighted by molar-refractivity contribution is -0.148. The molecule has 0 spiro atoms. The van der Waals surface area contributed by atoms with Crippen molar-refractivity contribution in [1.29, 1.82) is 0 Å². The highest BCUT2D eigenvalue weighted by molar-refractivity contribution is 7.89. The van der Waals surface area contributed by atoms with E-state index in [0.717, 1.165) is 0 Å². The standard InChI is InChI=1S/C24H28N2O8S/c1-17(34-23(27)11-4-18-16-20(31-2)7-10-22(18)32-3)24(28)25-19-5-8-21(9-6-19)35(29,30)26-12-14-33-15-13-26/h4-11,16-17H,12-15H2,1-3H3,(H,25,28)/b11-4+/t17-/m0/s1. The maximum atomic E-state index is 12.7. The number of nitrogens with one attached hydrogen (secondary N) is 1. The maximum absolute atomic E-state index is 12.7. The highest BCUT2D eigenvalue weighted by atomic mass is 32.2. The molecule has 35 heavy (non-hydrogen) atoms. The Morgan fingerprint density at radius 1 is 1.06 bits per heavy atom. The summed E-state index contributed by atoms with van der Waals surface area (Å²) in [6.45, 7) is 2.73. The lowest BCUT2D eigenvalue weighted by atomic mass is 10.1. The van der Waals surface area contributed by atoms with Crippen LogP contribution in [0.4, 0.5) is 5.69 Å². The molecule has 11 heteroatoms. The van der Waals surface area contributed by atoms with Gasteiger partial charge in [0.1, 0.15) is 11.5 Å². The molecule has 1 heterocycles. The highest BCUT2D eigenvalue weighted by Gasteiger charge is 2.26. The van der Waals surface area contributed by atoms with Gasteiger partial charge in [0.15, 0.2) is 6.10 Å². The number of rotatable bonds is 9. The Kier molecular flexibility index (Phi) is 8.85. The number of benzene rings is 2. The maximum Gasteiger partial charge on any atom is 0.331 e. The van der Waals surface area contributed by atoms with Gasteiger partial charge in [-0.2, -0.15) is 4.31 Å². The zero-order chi connectivity index (χ0) is 25.4. The summed E-state index contributed by atoms with van der Waals surface area (Å²) >= 11 is 0. The zero-order valence-electron chi connectivity index (χ0n) is 19.7. The third kappa shape index (κ3) is 6.81. The molecule has 1 fully saturated rings. The summed E-state index contributed by atoms with van der Waals surface area (Å²) in [6, 6.07) is 10.9. The molecule has 0 aromatic heterocycles. The van der Waals surface area contributed by atoms with Crippen LogP contribution in [0.3, 0.4) is 0 Å². The van der Waals surface area contributed by atoms with Crippen LogP contribution >= 0.6 is 0 Å². The number of carbonyl (C=O) groups excluding carboxylic acids is 2. The van der Waals surface area contributed by atoms with Gasteiger partial charge in [-0.05, 0) is 55.5 Å². The minimum atomic E-state index is -3.63. The second-order valence-corrected chi connectivity index (χ2v) is 9.49. The number of hydrogen-bond donors (Lipinski definition) is 1. The van der Waals surface area contributed by atoms with Gasteiger partial charge in [-0.25, -0.2) is 13.2 Å². The average Bonchev–Trinajstić information content (AvgIpc) is 2.88. The Bertz CT molecular complexity index is 1170. The van der Waals surface area contributed by atoms with Crippen LogP contribution in [0, 0.1) is 0 Å². The molecule has 188 valence electrons. The van der Waals surface area contributed by atoms with E-state index in [2.05, 4.69) is 5.32 Å². The van der Waals surface area contributed by atoms with Crippen LogP contribution in [0.25, 0.3) is 6.08 Å². The first-order valence-electron chi connectivity index (χ1n) is 10.8. The first-order valence-corrected chi connectivity index (χ1v) is 12.3. The van der Waals surface area contributed by atoms with Crippen molar-refractivity contribution in [2.45, 2.75) is 17.9 Å². The Labute approximate surface area is 204 Å². The number of anilines is 1. The Hall–Kier alpha value is -3.41. The second kappa shape index (κ2) is 11.8. The van der Waals surface area contributed by atoms with Crippen LogP contribution in [-0.4, -0.2) is 71.2 Å². The molecule has 0 saturated carbocycles. The van der Waals surface area contributed by atoms with Gasteiger partial charge in [-0.1, -0.05) is 0 Å². The number of nitrogens with zero attached hydrogens (tertiary/aromatic N) is 1. The van der Waals surface area contributed by atoms with Crippen molar-refractivity contribution in [2.75, 3.05) is 45.8 Å². The smallest absolute Gasteiger partial charge is 0.331 e. The van der Waals surface area contributed by atoms with Gasteiger partial charge in [-0.15, -0.1) is 0 Å². The van der Waals surface area contributed by atoms with Crippen molar-refractivity contribution in [3.63, 3.8) is 0 Å². The number of ether oxygens (including phenoxy) is 4. The molecule has 1 aliphatic rings. The van der Waals surface area contributed by atoms with Crippen molar-refractivity contribution in [3.8, 4) is 11.5 Å². The monoisotopic (exact) mass is 504 g/mol. The molecule has 0 unspecified atom stereocenters. The normalized spacial score (nSPS) is 15.4.